The van der Waals surface area contributed by atoms with Gasteiger partial charge in [-0.05, 0) is 25.7 Å². The van der Waals surface area contributed by atoms with Crippen molar-refractivity contribution in [1.29, 1.82) is 5.26 Å². The Hall–Kier alpha value is -1.74. The minimum Gasteiger partial charge on any atom is -0.396 e. The van der Waals surface area contributed by atoms with Crippen molar-refractivity contribution in [2.24, 2.45) is 11.7 Å². The number of amides is 1. The van der Waals surface area contributed by atoms with Crippen molar-refractivity contribution >= 4 is 27.9 Å². The van der Waals surface area contributed by atoms with Gasteiger partial charge in [0.05, 0.1) is 5.69 Å². The predicted octanol–water partition coefficient (Wildman–Crippen LogP) is 1.54. The maximum Gasteiger partial charge on any atom is 0.261 e. The number of carbonyl (C=O) groups is 1. The Morgan fingerprint density at radius 2 is 2.28 bits per heavy atom. The van der Waals surface area contributed by atoms with Crippen molar-refractivity contribution in [1.82, 2.24) is 0 Å². The van der Waals surface area contributed by atoms with Gasteiger partial charge in [-0.15, -0.1) is 11.3 Å². The lowest BCUT2D eigenvalue weighted by molar-refractivity contribution is 0.100. The maximum absolute atomic E-state index is 11.3. The van der Waals surface area contributed by atoms with Crippen LogP contribution in [0.2, 0.25) is 0 Å². The summed E-state index contributed by atoms with van der Waals surface area (Å²) >= 11 is 1.23. The van der Waals surface area contributed by atoms with Crippen LogP contribution in [0.25, 0.3) is 0 Å². The van der Waals surface area contributed by atoms with E-state index in [1.54, 1.807) is 0 Å². The Morgan fingerprint density at radius 1 is 1.61 bits per heavy atom. The molecule has 18 heavy (non-hydrogen) atoms. The van der Waals surface area contributed by atoms with Crippen LogP contribution in [-0.2, 0) is 0 Å². The summed E-state index contributed by atoms with van der Waals surface area (Å²) in [7, 11) is 0. The summed E-state index contributed by atoms with van der Waals surface area (Å²) in [5.74, 6) is 0.138. The molecule has 2 rings (SSSR count). The first-order valence-electron chi connectivity index (χ1n) is 5.95. The third-order valence-electron chi connectivity index (χ3n) is 3.11. The van der Waals surface area contributed by atoms with E-state index in [0.717, 1.165) is 18.1 Å². The van der Waals surface area contributed by atoms with Crippen molar-refractivity contribution < 1.29 is 4.79 Å². The highest BCUT2D eigenvalue weighted by atomic mass is 32.1. The molecule has 96 valence electrons. The normalized spacial score (nSPS) is 14.2. The summed E-state index contributed by atoms with van der Waals surface area (Å²) in [6, 6.07) is 2.08. The molecule has 0 saturated heterocycles. The fourth-order valence-electron chi connectivity index (χ4n) is 1.91. The topological polar surface area (TPSA) is 96.1 Å². The molecule has 0 unspecified atom stereocenters. The van der Waals surface area contributed by atoms with E-state index < -0.39 is 5.91 Å². The van der Waals surface area contributed by atoms with Gasteiger partial charge in [-0.1, -0.05) is 0 Å². The van der Waals surface area contributed by atoms with Gasteiger partial charge in [-0.3, -0.25) is 4.79 Å². The second kappa shape index (κ2) is 4.86. The van der Waals surface area contributed by atoms with E-state index in [9.17, 15) is 10.1 Å². The van der Waals surface area contributed by atoms with Crippen LogP contribution in [0.15, 0.2) is 0 Å². The summed E-state index contributed by atoms with van der Waals surface area (Å²) < 4.78 is 0. The highest BCUT2D eigenvalue weighted by molar-refractivity contribution is 7.19. The van der Waals surface area contributed by atoms with E-state index in [0.29, 0.717) is 11.5 Å². The van der Waals surface area contributed by atoms with Crippen molar-refractivity contribution in [3.8, 4) is 6.07 Å². The van der Waals surface area contributed by atoms with Crippen molar-refractivity contribution in [2.75, 3.05) is 23.7 Å². The number of anilines is 2. The maximum atomic E-state index is 11.3. The quantitative estimate of drug-likeness (QED) is 0.843. The van der Waals surface area contributed by atoms with E-state index in [-0.39, 0.29) is 10.6 Å². The zero-order valence-electron chi connectivity index (χ0n) is 10.3. The van der Waals surface area contributed by atoms with Crippen LogP contribution >= 0.6 is 11.3 Å². The van der Waals surface area contributed by atoms with Crippen molar-refractivity contribution in [2.45, 2.75) is 19.8 Å². The molecule has 1 aliphatic rings. The molecule has 4 N–H and O–H groups in total. The number of nitriles is 1. The predicted molar refractivity (Wildman–Crippen MR) is 72.6 cm³/mol. The molecule has 0 spiro atoms. The smallest absolute Gasteiger partial charge is 0.261 e. The van der Waals surface area contributed by atoms with Crippen LogP contribution in [-0.4, -0.2) is 19.0 Å². The molecule has 1 aromatic heterocycles. The molecule has 0 radical (unpaired) electrons. The van der Waals surface area contributed by atoms with E-state index in [4.69, 9.17) is 11.5 Å². The SMILES string of the molecule is CCN(CC1CC1)c1sc(C(N)=O)c(N)c1C#N. The van der Waals surface area contributed by atoms with Gasteiger partial charge in [-0.25, -0.2) is 0 Å². The van der Waals surface area contributed by atoms with Crippen LogP contribution in [0.3, 0.4) is 0 Å². The average molecular weight is 264 g/mol. The Labute approximate surface area is 110 Å². The van der Waals surface area contributed by atoms with Crippen molar-refractivity contribution in [3.05, 3.63) is 10.4 Å². The number of carbonyl (C=O) groups excluding carboxylic acids is 1. The first-order valence-corrected chi connectivity index (χ1v) is 6.77. The summed E-state index contributed by atoms with van der Waals surface area (Å²) in [5.41, 5.74) is 11.7. The number of nitrogen functional groups attached to an aromatic ring is 1. The van der Waals surface area contributed by atoms with Gasteiger partial charge in [0.15, 0.2) is 0 Å². The molecule has 6 heteroatoms. The molecular weight excluding hydrogens is 248 g/mol. The third-order valence-corrected chi connectivity index (χ3v) is 4.39. The Morgan fingerprint density at radius 3 is 2.72 bits per heavy atom. The van der Waals surface area contributed by atoms with Crippen LogP contribution in [0, 0.1) is 17.2 Å². The monoisotopic (exact) mass is 264 g/mol. The average Bonchev–Trinajstić information content (AvgIpc) is 3.09. The second-order valence-electron chi connectivity index (χ2n) is 4.48. The molecule has 1 amide bonds. The zero-order valence-corrected chi connectivity index (χ0v) is 11.1. The van der Waals surface area contributed by atoms with E-state index in [1.807, 2.05) is 6.92 Å². The molecule has 0 bridgehead atoms. The van der Waals surface area contributed by atoms with Gasteiger partial charge in [-0.2, -0.15) is 5.26 Å². The van der Waals surface area contributed by atoms with Crippen LogP contribution in [0.5, 0.6) is 0 Å². The van der Waals surface area contributed by atoms with E-state index >= 15 is 0 Å². The Bertz CT molecular complexity index is 513. The first-order chi connectivity index (χ1) is 8.58. The number of hydrogen-bond acceptors (Lipinski definition) is 5. The number of rotatable bonds is 5. The first kappa shape index (κ1) is 12.7. The van der Waals surface area contributed by atoms with Gasteiger partial charge >= 0.3 is 0 Å². The third kappa shape index (κ3) is 2.27. The van der Waals surface area contributed by atoms with Gasteiger partial charge < -0.3 is 16.4 Å². The Kier molecular flexibility index (Phi) is 3.43. The van der Waals surface area contributed by atoms with Gasteiger partial charge in [0.2, 0.25) is 0 Å². The van der Waals surface area contributed by atoms with Gasteiger partial charge in [0, 0.05) is 13.1 Å². The lowest BCUT2D eigenvalue weighted by Gasteiger charge is -2.21. The van der Waals surface area contributed by atoms with Crippen LogP contribution < -0.4 is 16.4 Å². The fourth-order valence-corrected chi connectivity index (χ4v) is 3.01. The number of nitrogens with zero attached hydrogens (tertiary/aromatic N) is 2. The zero-order chi connectivity index (χ0) is 13.3. The number of primary amides is 1. The molecule has 1 saturated carbocycles. The lowest BCUT2D eigenvalue weighted by atomic mass is 10.2. The standard InChI is InChI=1S/C12H16N4OS/c1-2-16(6-7-3-4-7)12-8(5-13)9(14)10(18-12)11(15)17/h7H,2-4,6,14H2,1H3,(H2,15,17). The molecule has 0 aromatic carbocycles. The number of nitrogens with two attached hydrogens (primary N) is 2. The number of hydrogen-bond donors (Lipinski definition) is 2. The summed E-state index contributed by atoms with van der Waals surface area (Å²) in [4.78, 5) is 13.7. The second-order valence-corrected chi connectivity index (χ2v) is 5.48. The molecule has 0 aliphatic heterocycles. The van der Waals surface area contributed by atoms with Gasteiger partial charge in [0.25, 0.3) is 5.91 Å². The van der Waals surface area contributed by atoms with Gasteiger partial charge in [0.1, 0.15) is 21.5 Å². The number of thiophene rings is 1. The molecule has 1 heterocycles. The molecular formula is C12H16N4OS. The van der Waals surface area contributed by atoms with E-state index in [1.165, 1.54) is 24.2 Å². The largest absolute Gasteiger partial charge is 0.396 e. The summed E-state index contributed by atoms with van der Waals surface area (Å²) in [6.45, 7) is 3.75. The molecule has 1 aromatic rings. The minimum atomic E-state index is -0.567. The Balaban J connectivity index is 2.38. The van der Waals surface area contributed by atoms with E-state index in [2.05, 4.69) is 11.0 Å². The van der Waals surface area contributed by atoms with Crippen LogP contribution in [0.1, 0.15) is 35.0 Å². The molecule has 0 atom stereocenters. The lowest BCUT2D eigenvalue weighted by Crippen LogP contribution is -2.24. The fraction of sp³-hybridized carbons (Fsp3) is 0.500. The minimum absolute atomic E-state index is 0.222. The molecule has 1 aliphatic carbocycles. The summed E-state index contributed by atoms with van der Waals surface area (Å²) in [5, 5.41) is 9.96. The summed E-state index contributed by atoms with van der Waals surface area (Å²) in [6.07, 6.45) is 2.48. The van der Waals surface area contributed by atoms with Crippen molar-refractivity contribution in [3.63, 3.8) is 0 Å². The highest BCUT2D eigenvalue weighted by Gasteiger charge is 2.28. The highest BCUT2D eigenvalue weighted by Crippen LogP contribution is 2.39. The van der Waals surface area contributed by atoms with Crippen LogP contribution in [0.4, 0.5) is 10.7 Å². The molecule has 5 nitrogen and oxygen atoms in total. The molecule has 1 fully saturated rings.